The standard InChI is InChI=1S/C23H43N9O7/c1-13(33)18(25)21(38)31-15(6-2-3-9-24)22(39)32-11-5-8-16(32)20(37)30-14(7-4-10-28-23(26)27)19(36)29-12-17(34)35/h13-16,18,33H,2-12,24-25H2,1H3,(H,29,36)(H,30,37)(H,31,38)(H,34,35)(H4,26,27,28)/t13-,14+,15+,16+,18+/m1/s1. The monoisotopic (exact) mass is 557 g/mol. The topological polar surface area (TPSA) is 282 Å². The molecule has 16 nitrogen and oxygen atoms in total. The summed E-state index contributed by atoms with van der Waals surface area (Å²) < 4.78 is 0. The number of nitrogens with zero attached hydrogens (tertiary/aromatic N) is 2. The fourth-order valence-corrected chi connectivity index (χ4v) is 4.07. The Morgan fingerprint density at radius 1 is 1.03 bits per heavy atom. The van der Waals surface area contributed by atoms with Crippen LogP contribution in [0.15, 0.2) is 4.99 Å². The van der Waals surface area contributed by atoms with Gasteiger partial charge in [0, 0.05) is 13.1 Å². The molecule has 1 aliphatic rings. The van der Waals surface area contributed by atoms with Crippen molar-refractivity contribution in [3.8, 4) is 0 Å². The van der Waals surface area contributed by atoms with Gasteiger partial charge >= 0.3 is 5.97 Å². The minimum Gasteiger partial charge on any atom is -0.480 e. The number of aliphatic hydroxyl groups excluding tert-OH is 1. The van der Waals surface area contributed by atoms with E-state index in [-0.39, 0.29) is 31.9 Å². The Bertz CT molecular complexity index is 880. The van der Waals surface area contributed by atoms with E-state index in [1.807, 2.05) is 0 Å². The van der Waals surface area contributed by atoms with E-state index in [4.69, 9.17) is 28.0 Å². The molecule has 16 heteroatoms. The Hall–Kier alpha value is -3.50. The number of hydrogen-bond donors (Lipinski definition) is 9. The third kappa shape index (κ3) is 11.8. The quantitative estimate of drug-likeness (QED) is 0.0472. The molecule has 4 amide bonds. The number of hydrogen-bond acceptors (Lipinski definition) is 9. The molecule has 222 valence electrons. The molecule has 0 aromatic heterocycles. The van der Waals surface area contributed by atoms with Crippen LogP contribution in [-0.4, -0.2) is 107 Å². The average molecular weight is 558 g/mol. The second-order valence-electron chi connectivity index (χ2n) is 9.42. The van der Waals surface area contributed by atoms with Crippen LogP contribution in [0.5, 0.6) is 0 Å². The van der Waals surface area contributed by atoms with Gasteiger partial charge < -0.3 is 54.0 Å². The first-order valence-electron chi connectivity index (χ1n) is 13.0. The third-order valence-electron chi connectivity index (χ3n) is 6.21. The number of rotatable bonds is 17. The van der Waals surface area contributed by atoms with Crippen LogP contribution in [0.4, 0.5) is 0 Å². The molecular formula is C23H43N9O7. The summed E-state index contributed by atoms with van der Waals surface area (Å²) in [7, 11) is 0. The Morgan fingerprint density at radius 3 is 2.28 bits per heavy atom. The Labute approximate surface area is 227 Å². The van der Waals surface area contributed by atoms with E-state index in [0.717, 1.165) is 0 Å². The van der Waals surface area contributed by atoms with Gasteiger partial charge in [-0.25, -0.2) is 0 Å². The summed E-state index contributed by atoms with van der Waals surface area (Å²) in [5, 5.41) is 26.0. The van der Waals surface area contributed by atoms with Crippen molar-refractivity contribution in [2.75, 3.05) is 26.2 Å². The second kappa shape index (κ2) is 17.2. The van der Waals surface area contributed by atoms with Crippen molar-refractivity contribution in [1.29, 1.82) is 0 Å². The van der Waals surface area contributed by atoms with Gasteiger partial charge in [0.2, 0.25) is 23.6 Å². The number of aliphatic imine (C=N–C) groups is 1. The largest absolute Gasteiger partial charge is 0.480 e. The molecule has 0 aromatic rings. The molecule has 0 radical (unpaired) electrons. The van der Waals surface area contributed by atoms with Crippen molar-refractivity contribution in [3.05, 3.63) is 0 Å². The molecule has 5 atom stereocenters. The average Bonchev–Trinajstić information content (AvgIpc) is 3.37. The van der Waals surface area contributed by atoms with Gasteiger partial charge in [0.1, 0.15) is 30.7 Å². The molecular weight excluding hydrogens is 514 g/mol. The van der Waals surface area contributed by atoms with Crippen LogP contribution in [0.2, 0.25) is 0 Å². The molecule has 0 bridgehead atoms. The number of unbranched alkanes of at least 4 members (excludes halogenated alkanes) is 1. The molecule has 39 heavy (non-hydrogen) atoms. The predicted molar refractivity (Wildman–Crippen MR) is 142 cm³/mol. The van der Waals surface area contributed by atoms with Gasteiger partial charge in [0.25, 0.3) is 0 Å². The molecule has 0 saturated carbocycles. The molecule has 1 rings (SSSR count). The number of aliphatic hydroxyl groups is 1. The number of nitrogens with one attached hydrogen (secondary N) is 3. The maximum Gasteiger partial charge on any atom is 0.322 e. The van der Waals surface area contributed by atoms with Crippen LogP contribution in [0.3, 0.4) is 0 Å². The van der Waals surface area contributed by atoms with Gasteiger partial charge in [-0.3, -0.25) is 29.0 Å². The maximum atomic E-state index is 13.5. The van der Waals surface area contributed by atoms with Crippen molar-refractivity contribution < 1.29 is 34.2 Å². The summed E-state index contributed by atoms with van der Waals surface area (Å²) in [6, 6.07) is -4.23. The number of carbonyl (C=O) groups excluding carboxylic acids is 4. The lowest BCUT2D eigenvalue weighted by Crippen LogP contribution is -2.58. The van der Waals surface area contributed by atoms with E-state index >= 15 is 0 Å². The zero-order valence-electron chi connectivity index (χ0n) is 22.3. The molecule has 13 N–H and O–H groups in total. The first kappa shape index (κ1) is 33.5. The summed E-state index contributed by atoms with van der Waals surface area (Å²) in [4.78, 5) is 67.8. The molecule has 0 aliphatic carbocycles. The van der Waals surface area contributed by atoms with Gasteiger partial charge in [-0.15, -0.1) is 0 Å². The Morgan fingerprint density at radius 2 is 1.69 bits per heavy atom. The van der Waals surface area contributed by atoms with E-state index in [1.165, 1.54) is 11.8 Å². The number of nitrogens with two attached hydrogens (primary N) is 4. The highest BCUT2D eigenvalue weighted by atomic mass is 16.4. The Balaban J connectivity index is 3.01. The lowest BCUT2D eigenvalue weighted by Gasteiger charge is -2.30. The first-order valence-corrected chi connectivity index (χ1v) is 13.0. The van der Waals surface area contributed by atoms with Gasteiger partial charge in [-0.2, -0.15) is 0 Å². The SMILES string of the molecule is C[C@@H](O)[C@H](N)C(=O)N[C@@H](CCCCN)C(=O)N1CCC[C@H]1C(=O)N[C@@H](CCCN=C(N)N)C(=O)NCC(=O)O. The van der Waals surface area contributed by atoms with Gasteiger partial charge in [0.15, 0.2) is 5.96 Å². The summed E-state index contributed by atoms with van der Waals surface area (Å²) in [5.41, 5.74) is 21.9. The molecule has 0 spiro atoms. The highest BCUT2D eigenvalue weighted by Gasteiger charge is 2.39. The van der Waals surface area contributed by atoms with Crippen LogP contribution in [-0.2, 0) is 24.0 Å². The third-order valence-corrected chi connectivity index (χ3v) is 6.21. The molecule has 1 aliphatic heterocycles. The van der Waals surface area contributed by atoms with Gasteiger partial charge in [-0.05, 0) is 58.4 Å². The normalized spacial score (nSPS) is 17.8. The van der Waals surface area contributed by atoms with E-state index < -0.39 is 66.4 Å². The molecule has 1 fully saturated rings. The van der Waals surface area contributed by atoms with Crippen LogP contribution in [0.1, 0.15) is 51.9 Å². The molecule has 1 heterocycles. The fraction of sp³-hybridized carbons (Fsp3) is 0.739. The number of carboxylic acids is 1. The van der Waals surface area contributed by atoms with E-state index in [1.54, 1.807) is 0 Å². The van der Waals surface area contributed by atoms with Crippen molar-refractivity contribution in [1.82, 2.24) is 20.9 Å². The van der Waals surface area contributed by atoms with E-state index in [9.17, 15) is 29.1 Å². The van der Waals surface area contributed by atoms with Crippen LogP contribution in [0.25, 0.3) is 0 Å². The second-order valence-corrected chi connectivity index (χ2v) is 9.42. The summed E-state index contributed by atoms with van der Waals surface area (Å²) >= 11 is 0. The number of amides is 4. The number of carboxylic acid groups (broad SMARTS) is 1. The lowest BCUT2D eigenvalue weighted by molar-refractivity contribution is -0.143. The Kier molecular flexibility index (Phi) is 14.8. The zero-order valence-corrected chi connectivity index (χ0v) is 22.3. The van der Waals surface area contributed by atoms with E-state index in [2.05, 4.69) is 20.9 Å². The summed E-state index contributed by atoms with van der Waals surface area (Å²) in [6.07, 6.45) is 1.53. The smallest absolute Gasteiger partial charge is 0.322 e. The van der Waals surface area contributed by atoms with Crippen LogP contribution >= 0.6 is 0 Å². The minimum atomic E-state index is -1.25. The van der Waals surface area contributed by atoms with Gasteiger partial charge in [-0.1, -0.05) is 0 Å². The van der Waals surface area contributed by atoms with Crippen LogP contribution < -0.4 is 38.9 Å². The maximum absolute atomic E-state index is 13.5. The highest BCUT2D eigenvalue weighted by Crippen LogP contribution is 2.20. The summed E-state index contributed by atoms with van der Waals surface area (Å²) in [5.74, 6) is -3.87. The highest BCUT2D eigenvalue weighted by molar-refractivity contribution is 5.95. The minimum absolute atomic E-state index is 0.115. The fourth-order valence-electron chi connectivity index (χ4n) is 4.07. The first-order chi connectivity index (χ1) is 18.4. The molecule has 0 aromatic carbocycles. The molecule has 1 saturated heterocycles. The number of aliphatic carboxylic acids is 1. The summed E-state index contributed by atoms with van der Waals surface area (Å²) in [6.45, 7) is 1.56. The lowest BCUT2D eigenvalue weighted by atomic mass is 10.1. The number of likely N-dealkylation sites (tertiary alicyclic amines) is 1. The van der Waals surface area contributed by atoms with Crippen molar-refractivity contribution in [2.45, 2.75) is 82.1 Å². The predicted octanol–water partition coefficient (Wildman–Crippen LogP) is -3.96. The van der Waals surface area contributed by atoms with Crippen LogP contribution in [0, 0.1) is 0 Å². The van der Waals surface area contributed by atoms with Crippen molar-refractivity contribution >= 4 is 35.6 Å². The van der Waals surface area contributed by atoms with Crippen molar-refractivity contribution in [3.63, 3.8) is 0 Å². The van der Waals surface area contributed by atoms with Gasteiger partial charge in [0.05, 0.1) is 6.10 Å². The van der Waals surface area contributed by atoms with E-state index in [0.29, 0.717) is 38.6 Å². The van der Waals surface area contributed by atoms with Crippen molar-refractivity contribution in [2.24, 2.45) is 27.9 Å². The number of carbonyl (C=O) groups is 5. The number of guanidine groups is 1. The zero-order chi connectivity index (χ0) is 29.5. The molecule has 0 unspecified atom stereocenters.